The number of carbonyl (C=O) groups excluding carboxylic acids is 2. The Bertz CT molecular complexity index is 1390. The van der Waals surface area contributed by atoms with E-state index >= 15 is 0 Å². The van der Waals surface area contributed by atoms with Crippen LogP contribution >= 0.6 is 11.3 Å². The van der Waals surface area contributed by atoms with Crippen LogP contribution in [-0.4, -0.2) is 23.3 Å². The van der Waals surface area contributed by atoms with Crippen molar-refractivity contribution in [2.75, 3.05) is 16.8 Å². The summed E-state index contributed by atoms with van der Waals surface area (Å²) in [6, 6.07) is 14.8. The van der Waals surface area contributed by atoms with Gasteiger partial charge in [-0.05, 0) is 55.3 Å². The molecular formula is C27H23N3O4S. The van der Waals surface area contributed by atoms with E-state index < -0.39 is 0 Å². The molecule has 0 fully saturated rings. The molecule has 8 heteroatoms. The first-order valence-electron chi connectivity index (χ1n) is 11.2. The van der Waals surface area contributed by atoms with Gasteiger partial charge in [0.2, 0.25) is 5.91 Å². The van der Waals surface area contributed by atoms with Gasteiger partial charge in [0.15, 0.2) is 0 Å². The van der Waals surface area contributed by atoms with E-state index in [0.29, 0.717) is 30.2 Å². The van der Waals surface area contributed by atoms with E-state index in [4.69, 9.17) is 9.15 Å². The van der Waals surface area contributed by atoms with Crippen molar-refractivity contribution >= 4 is 40.6 Å². The number of nitrogens with zero attached hydrogens (tertiary/aromatic N) is 2. The van der Waals surface area contributed by atoms with Crippen LogP contribution in [0.1, 0.15) is 32.2 Å². The van der Waals surface area contributed by atoms with Gasteiger partial charge in [-0.15, -0.1) is 11.3 Å². The molecule has 1 N–H and O–H groups in total. The first kappa shape index (κ1) is 22.6. The lowest BCUT2D eigenvalue weighted by molar-refractivity contribution is -0.111. The summed E-state index contributed by atoms with van der Waals surface area (Å²) in [6.07, 6.45) is 6.88. The van der Waals surface area contributed by atoms with Crippen LogP contribution < -0.4 is 15.0 Å². The molecule has 0 saturated heterocycles. The Labute approximate surface area is 206 Å². The minimum Gasteiger partial charge on any atom is -0.487 e. The Morgan fingerprint density at radius 1 is 1.23 bits per heavy atom. The molecule has 2 aromatic heterocycles. The summed E-state index contributed by atoms with van der Waals surface area (Å²) in [5.41, 5.74) is 4.75. The molecule has 2 amide bonds. The largest absolute Gasteiger partial charge is 0.487 e. The van der Waals surface area contributed by atoms with Crippen LogP contribution in [0.3, 0.4) is 0 Å². The second-order valence-corrected chi connectivity index (χ2v) is 9.13. The summed E-state index contributed by atoms with van der Waals surface area (Å²) in [6.45, 7) is 2.92. The highest BCUT2D eigenvalue weighted by Crippen LogP contribution is 2.32. The monoisotopic (exact) mass is 485 g/mol. The van der Waals surface area contributed by atoms with Crippen molar-refractivity contribution in [2.45, 2.75) is 20.0 Å². The lowest BCUT2D eigenvalue weighted by Gasteiger charge is -2.16. The number of hydrogen-bond acceptors (Lipinski definition) is 6. The van der Waals surface area contributed by atoms with Crippen LogP contribution in [-0.2, 0) is 17.8 Å². The number of amides is 2. The van der Waals surface area contributed by atoms with Crippen LogP contribution in [0.25, 0.3) is 6.08 Å². The summed E-state index contributed by atoms with van der Waals surface area (Å²) in [5.74, 6) is 0.337. The van der Waals surface area contributed by atoms with Crippen molar-refractivity contribution in [3.63, 3.8) is 0 Å². The van der Waals surface area contributed by atoms with Crippen molar-refractivity contribution in [1.82, 2.24) is 4.98 Å². The maximum atomic E-state index is 12.7. The van der Waals surface area contributed by atoms with Crippen LogP contribution in [0.4, 0.5) is 11.4 Å². The van der Waals surface area contributed by atoms with Gasteiger partial charge in [0, 0.05) is 34.9 Å². The number of rotatable bonds is 7. The molecule has 0 unspecified atom stereocenters. The number of fused-ring (bicyclic) bond motifs is 1. The molecule has 2 aromatic carbocycles. The van der Waals surface area contributed by atoms with E-state index in [1.165, 1.54) is 18.6 Å². The SMILES string of the molecule is Cc1nc(COc2ccccc2/C=C/C(=O)Nc2ccc3c(c2)CCN3C(=O)c2ccoc2)cs1. The number of anilines is 2. The Morgan fingerprint density at radius 2 is 2.11 bits per heavy atom. The fourth-order valence-electron chi connectivity index (χ4n) is 3.96. The van der Waals surface area contributed by atoms with E-state index in [1.807, 2.05) is 48.7 Å². The van der Waals surface area contributed by atoms with Crippen molar-refractivity contribution < 1.29 is 18.7 Å². The van der Waals surface area contributed by atoms with Crippen molar-refractivity contribution in [2.24, 2.45) is 0 Å². The number of aromatic nitrogens is 1. The smallest absolute Gasteiger partial charge is 0.261 e. The van der Waals surface area contributed by atoms with Crippen LogP contribution in [0.5, 0.6) is 5.75 Å². The fourth-order valence-corrected chi connectivity index (χ4v) is 4.56. The maximum Gasteiger partial charge on any atom is 0.261 e. The molecule has 0 bridgehead atoms. The first-order valence-corrected chi connectivity index (χ1v) is 12.0. The molecule has 176 valence electrons. The zero-order chi connectivity index (χ0) is 24.2. The standard InChI is InChI=1S/C27H23N3O4S/c1-18-28-23(17-35-18)16-34-25-5-3-2-4-19(25)6-9-26(31)29-22-7-8-24-20(14-22)10-12-30(24)27(32)21-11-13-33-15-21/h2-9,11,13-15,17H,10,12,16H2,1H3,(H,29,31)/b9-6+. The quantitative estimate of drug-likeness (QED) is 0.351. The summed E-state index contributed by atoms with van der Waals surface area (Å²) in [7, 11) is 0. The first-order chi connectivity index (χ1) is 17.1. The molecule has 0 radical (unpaired) electrons. The predicted octanol–water partition coefficient (Wildman–Crippen LogP) is 5.48. The highest BCUT2D eigenvalue weighted by atomic mass is 32.1. The van der Waals surface area contributed by atoms with Gasteiger partial charge in [-0.3, -0.25) is 9.59 Å². The van der Waals surface area contributed by atoms with Gasteiger partial charge in [0.25, 0.3) is 5.91 Å². The molecule has 0 spiro atoms. The molecule has 1 aliphatic rings. The molecule has 0 saturated carbocycles. The van der Waals surface area contributed by atoms with Gasteiger partial charge in [0.1, 0.15) is 18.6 Å². The number of hydrogen-bond donors (Lipinski definition) is 1. The molecule has 0 atom stereocenters. The van der Waals surface area contributed by atoms with E-state index in [0.717, 1.165) is 33.9 Å². The van der Waals surface area contributed by atoms with Gasteiger partial charge in [-0.1, -0.05) is 18.2 Å². The predicted molar refractivity (Wildman–Crippen MR) is 136 cm³/mol. The summed E-state index contributed by atoms with van der Waals surface area (Å²) in [4.78, 5) is 31.4. The van der Waals surface area contributed by atoms with E-state index in [9.17, 15) is 9.59 Å². The van der Waals surface area contributed by atoms with Gasteiger partial charge < -0.3 is 19.4 Å². The van der Waals surface area contributed by atoms with Gasteiger partial charge >= 0.3 is 0 Å². The number of carbonyl (C=O) groups is 2. The van der Waals surface area contributed by atoms with Crippen LogP contribution in [0.2, 0.25) is 0 Å². The van der Waals surface area contributed by atoms with Crippen LogP contribution in [0.15, 0.2) is 76.9 Å². The third-order valence-corrected chi connectivity index (χ3v) is 6.45. The maximum absolute atomic E-state index is 12.7. The molecule has 4 aromatic rings. The average Bonchev–Trinajstić information content (AvgIpc) is 3.62. The molecule has 1 aliphatic heterocycles. The minimum absolute atomic E-state index is 0.0944. The topological polar surface area (TPSA) is 84.7 Å². The van der Waals surface area contributed by atoms with E-state index in [1.54, 1.807) is 34.4 Å². The summed E-state index contributed by atoms with van der Waals surface area (Å²) < 4.78 is 10.9. The number of benzene rings is 2. The molecule has 3 heterocycles. The number of furan rings is 1. The highest BCUT2D eigenvalue weighted by molar-refractivity contribution is 7.09. The molecule has 35 heavy (non-hydrogen) atoms. The third kappa shape index (κ3) is 5.17. The van der Waals surface area contributed by atoms with Crippen molar-refractivity contribution in [3.05, 3.63) is 99.9 Å². The minimum atomic E-state index is -0.251. The average molecular weight is 486 g/mol. The van der Waals surface area contributed by atoms with Gasteiger partial charge in [0.05, 0.1) is 22.5 Å². The van der Waals surface area contributed by atoms with Gasteiger partial charge in [-0.25, -0.2) is 4.98 Å². The Hall–Kier alpha value is -4.17. The summed E-state index contributed by atoms with van der Waals surface area (Å²) >= 11 is 1.59. The lowest BCUT2D eigenvalue weighted by Crippen LogP contribution is -2.28. The molecule has 7 nitrogen and oxygen atoms in total. The zero-order valence-electron chi connectivity index (χ0n) is 19.1. The van der Waals surface area contributed by atoms with E-state index in [-0.39, 0.29) is 11.8 Å². The normalized spacial score (nSPS) is 12.7. The van der Waals surface area contributed by atoms with Crippen molar-refractivity contribution in [3.8, 4) is 5.75 Å². The zero-order valence-corrected chi connectivity index (χ0v) is 19.9. The van der Waals surface area contributed by atoms with E-state index in [2.05, 4.69) is 10.3 Å². The number of para-hydroxylation sites is 1. The number of aryl methyl sites for hydroxylation is 1. The van der Waals surface area contributed by atoms with Crippen LogP contribution in [0, 0.1) is 6.92 Å². The second-order valence-electron chi connectivity index (χ2n) is 8.07. The second kappa shape index (κ2) is 9.99. The third-order valence-electron chi connectivity index (χ3n) is 5.63. The highest BCUT2D eigenvalue weighted by Gasteiger charge is 2.26. The Kier molecular flexibility index (Phi) is 6.45. The Morgan fingerprint density at radius 3 is 2.91 bits per heavy atom. The summed E-state index contributed by atoms with van der Waals surface area (Å²) in [5, 5.41) is 5.87. The molecular weight excluding hydrogens is 462 g/mol. The Balaban J connectivity index is 1.23. The fraction of sp³-hybridized carbons (Fsp3) is 0.148. The van der Waals surface area contributed by atoms with Crippen molar-refractivity contribution in [1.29, 1.82) is 0 Å². The molecule has 0 aliphatic carbocycles. The lowest BCUT2D eigenvalue weighted by atomic mass is 10.1. The number of nitrogens with one attached hydrogen (secondary N) is 1. The number of ether oxygens (including phenoxy) is 1. The number of thiazole rings is 1. The molecule has 5 rings (SSSR count). The van der Waals surface area contributed by atoms with Gasteiger partial charge in [-0.2, -0.15) is 0 Å².